The molecule has 1 radical (unpaired) electrons. The highest BCUT2D eigenvalue weighted by molar-refractivity contribution is 5.99. The average Bonchev–Trinajstić information content (AvgIpc) is 2.16. The van der Waals surface area contributed by atoms with Crippen LogP contribution in [0.15, 0.2) is 36.4 Å². The summed E-state index contributed by atoms with van der Waals surface area (Å²) in [5, 5.41) is 20.1. The maximum absolute atomic E-state index is 11.0. The van der Waals surface area contributed by atoms with Crippen LogP contribution in [-0.4, -0.2) is 5.84 Å². The van der Waals surface area contributed by atoms with E-state index in [0.29, 0.717) is 5.56 Å². The Morgan fingerprint density at radius 3 is 2.43 bits per heavy atom. The van der Waals surface area contributed by atoms with Crippen LogP contribution in [0.3, 0.4) is 0 Å². The van der Waals surface area contributed by atoms with E-state index in [2.05, 4.69) is 0 Å². The second-order valence-electron chi connectivity index (χ2n) is 3.14. The third-order valence-corrected chi connectivity index (χ3v) is 2.12. The van der Waals surface area contributed by atoms with Gasteiger partial charge in [0.05, 0.1) is 0 Å². The molecule has 0 aliphatic rings. The highest BCUT2D eigenvalue weighted by atomic mass is 16.3. The van der Waals surface area contributed by atoms with Gasteiger partial charge in [0.25, 0.3) is 0 Å². The lowest BCUT2D eigenvalue weighted by molar-refractivity contribution is 0.355. The molecule has 3 N–H and O–H groups in total. The summed E-state index contributed by atoms with van der Waals surface area (Å²) in [5.74, 6) is 0.0335. The van der Waals surface area contributed by atoms with Gasteiger partial charge in [0.1, 0.15) is 5.84 Å². The smallest absolute Gasteiger partial charge is 0.179 e. The van der Waals surface area contributed by atoms with Crippen LogP contribution in [0.1, 0.15) is 5.56 Å². The standard InChI is InChI=1S/C11H9N2O/c12-11(13)9-2-1-8-6-10(14)4-3-7(8)5-9/h1-6H,(H3,12,13). The zero-order chi connectivity index (χ0) is 10.1. The minimum absolute atomic E-state index is 0.00641. The number of nitrogen functional groups attached to an aromatic ring is 1. The Morgan fingerprint density at radius 2 is 1.71 bits per heavy atom. The molecule has 0 aliphatic carbocycles. The van der Waals surface area contributed by atoms with Crippen molar-refractivity contribution in [3.63, 3.8) is 0 Å². The molecule has 14 heavy (non-hydrogen) atoms. The molecule has 0 fully saturated rings. The fourth-order valence-corrected chi connectivity index (χ4v) is 1.39. The summed E-state index contributed by atoms with van der Waals surface area (Å²) in [7, 11) is 0. The molecule has 69 valence electrons. The summed E-state index contributed by atoms with van der Waals surface area (Å²) < 4.78 is 0. The number of nitrogens with one attached hydrogen (secondary N) is 1. The fraction of sp³-hybridized carbons (Fsp3) is 0. The molecule has 0 spiro atoms. The van der Waals surface area contributed by atoms with Crippen LogP contribution >= 0.6 is 0 Å². The predicted molar refractivity (Wildman–Crippen MR) is 55.1 cm³/mol. The van der Waals surface area contributed by atoms with Crippen LogP contribution < -0.4 is 5.73 Å². The number of hydrogen-bond donors (Lipinski definition) is 2. The second-order valence-corrected chi connectivity index (χ2v) is 3.14. The summed E-state index contributed by atoms with van der Waals surface area (Å²) in [4.78, 5) is 0. The first-order valence-corrected chi connectivity index (χ1v) is 4.22. The Morgan fingerprint density at radius 1 is 1.07 bits per heavy atom. The van der Waals surface area contributed by atoms with Crippen molar-refractivity contribution in [1.29, 1.82) is 5.41 Å². The maximum Gasteiger partial charge on any atom is 0.179 e. The highest BCUT2D eigenvalue weighted by Gasteiger charge is 2.00. The highest BCUT2D eigenvalue weighted by Crippen LogP contribution is 2.21. The second kappa shape index (κ2) is 3.03. The molecule has 0 unspecified atom stereocenters. The molecule has 0 bridgehead atoms. The largest absolute Gasteiger partial charge is 0.384 e. The Kier molecular flexibility index (Phi) is 1.85. The molecule has 3 nitrogen and oxygen atoms in total. The Labute approximate surface area is 81.3 Å². The van der Waals surface area contributed by atoms with Gasteiger partial charge in [-0.1, -0.05) is 18.2 Å². The summed E-state index contributed by atoms with van der Waals surface area (Å²) in [6.07, 6.45) is 0. The van der Waals surface area contributed by atoms with Crippen LogP contribution in [0, 0.1) is 5.41 Å². The maximum atomic E-state index is 11.0. The lowest BCUT2D eigenvalue weighted by Crippen LogP contribution is -2.10. The van der Waals surface area contributed by atoms with E-state index in [1.165, 1.54) is 6.07 Å². The van der Waals surface area contributed by atoms with Gasteiger partial charge in [0, 0.05) is 5.56 Å². The van der Waals surface area contributed by atoms with E-state index in [4.69, 9.17) is 11.1 Å². The minimum atomic E-state index is -0.00641. The number of rotatable bonds is 1. The summed E-state index contributed by atoms with van der Waals surface area (Å²) >= 11 is 0. The quantitative estimate of drug-likeness (QED) is 0.519. The lowest BCUT2D eigenvalue weighted by Gasteiger charge is -2.01. The molecule has 0 atom stereocenters. The average molecular weight is 185 g/mol. The van der Waals surface area contributed by atoms with Crippen LogP contribution in [0.2, 0.25) is 0 Å². The minimum Gasteiger partial charge on any atom is -0.384 e. The zero-order valence-electron chi connectivity index (χ0n) is 7.45. The van der Waals surface area contributed by atoms with Gasteiger partial charge < -0.3 is 5.73 Å². The molecule has 0 heterocycles. The van der Waals surface area contributed by atoms with E-state index in [1.54, 1.807) is 30.3 Å². The van der Waals surface area contributed by atoms with Crippen LogP contribution in [0.4, 0.5) is 0 Å². The first-order chi connectivity index (χ1) is 6.66. The molecule has 2 aromatic rings. The van der Waals surface area contributed by atoms with Gasteiger partial charge in [-0.2, -0.15) is 0 Å². The molecule has 0 saturated carbocycles. The van der Waals surface area contributed by atoms with Gasteiger partial charge in [0.2, 0.25) is 0 Å². The SMILES string of the molecule is N=C(N)c1ccc2cc([O])ccc2c1. The van der Waals surface area contributed by atoms with Crippen molar-refractivity contribution in [2.24, 2.45) is 5.73 Å². The van der Waals surface area contributed by atoms with Gasteiger partial charge >= 0.3 is 0 Å². The first kappa shape index (κ1) is 8.56. The Bertz CT molecular complexity index is 506. The van der Waals surface area contributed by atoms with Crippen molar-refractivity contribution in [1.82, 2.24) is 0 Å². The number of fused-ring (bicyclic) bond motifs is 1. The Balaban J connectivity index is 2.67. The molecule has 0 aliphatic heterocycles. The van der Waals surface area contributed by atoms with Crippen molar-refractivity contribution in [3.05, 3.63) is 42.0 Å². The van der Waals surface area contributed by atoms with Gasteiger partial charge in [-0.15, -0.1) is 0 Å². The molecule has 0 amide bonds. The van der Waals surface area contributed by atoms with Crippen molar-refractivity contribution in [2.45, 2.75) is 0 Å². The van der Waals surface area contributed by atoms with Gasteiger partial charge in [0.15, 0.2) is 5.75 Å². The third kappa shape index (κ3) is 1.40. The van der Waals surface area contributed by atoms with Crippen molar-refractivity contribution < 1.29 is 5.11 Å². The monoisotopic (exact) mass is 185 g/mol. The van der Waals surface area contributed by atoms with Crippen molar-refractivity contribution in [3.8, 4) is 5.75 Å². The molecule has 0 saturated heterocycles. The first-order valence-electron chi connectivity index (χ1n) is 4.22. The van der Waals surface area contributed by atoms with E-state index in [1.807, 2.05) is 0 Å². The molecular weight excluding hydrogens is 176 g/mol. The normalized spacial score (nSPS) is 10.3. The molecule has 2 rings (SSSR count). The van der Waals surface area contributed by atoms with Crippen LogP contribution in [0.25, 0.3) is 10.8 Å². The van der Waals surface area contributed by atoms with E-state index in [-0.39, 0.29) is 11.6 Å². The van der Waals surface area contributed by atoms with Crippen LogP contribution in [0.5, 0.6) is 5.75 Å². The van der Waals surface area contributed by atoms with Crippen LogP contribution in [-0.2, 0) is 5.11 Å². The molecule has 3 heteroatoms. The number of benzene rings is 2. The number of hydrogen-bond acceptors (Lipinski definition) is 1. The van der Waals surface area contributed by atoms with Gasteiger partial charge in [-0.25, -0.2) is 0 Å². The molecular formula is C11H9N2O. The van der Waals surface area contributed by atoms with E-state index >= 15 is 0 Å². The Hall–Kier alpha value is -2.03. The van der Waals surface area contributed by atoms with E-state index in [9.17, 15) is 5.11 Å². The number of nitrogens with two attached hydrogens (primary N) is 1. The summed E-state index contributed by atoms with van der Waals surface area (Å²) in [6, 6.07) is 10.2. The lowest BCUT2D eigenvalue weighted by atomic mass is 10.1. The van der Waals surface area contributed by atoms with E-state index < -0.39 is 0 Å². The van der Waals surface area contributed by atoms with E-state index in [0.717, 1.165) is 10.8 Å². The summed E-state index contributed by atoms with van der Waals surface area (Å²) in [6.45, 7) is 0. The van der Waals surface area contributed by atoms with Gasteiger partial charge in [-0.3, -0.25) is 10.5 Å². The topological polar surface area (TPSA) is 69.8 Å². The molecule has 2 aromatic carbocycles. The van der Waals surface area contributed by atoms with Crippen molar-refractivity contribution in [2.75, 3.05) is 0 Å². The predicted octanol–water partition coefficient (Wildman–Crippen LogP) is 2.27. The fourth-order valence-electron chi connectivity index (χ4n) is 1.39. The summed E-state index contributed by atoms with van der Waals surface area (Å²) in [5.41, 5.74) is 6.03. The number of amidine groups is 1. The third-order valence-electron chi connectivity index (χ3n) is 2.12. The molecule has 0 aromatic heterocycles. The van der Waals surface area contributed by atoms with Crippen molar-refractivity contribution >= 4 is 16.6 Å². The zero-order valence-corrected chi connectivity index (χ0v) is 7.45. The van der Waals surface area contributed by atoms with Gasteiger partial charge in [-0.05, 0) is 29.0 Å².